The van der Waals surface area contributed by atoms with Crippen molar-refractivity contribution in [2.75, 3.05) is 5.32 Å². The first-order valence-corrected chi connectivity index (χ1v) is 7.87. The lowest BCUT2D eigenvalue weighted by Crippen LogP contribution is -1.98. The molecule has 5 heteroatoms. The minimum atomic E-state index is 0.769. The summed E-state index contributed by atoms with van der Waals surface area (Å²) < 4.78 is 0. The Morgan fingerprint density at radius 2 is 1.91 bits per heavy atom. The molecule has 3 heterocycles. The molecule has 1 aromatic carbocycles. The molecule has 0 aliphatic heterocycles. The molecular weight excluding hydrogens is 292 g/mol. The van der Waals surface area contributed by atoms with Gasteiger partial charge in [-0.25, -0.2) is 9.97 Å². The van der Waals surface area contributed by atoms with Crippen molar-refractivity contribution in [2.45, 2.75) is 13.8 Å². The lowest BCUT2D eigenvalue weighted by molar-refractivity contribution is 1.10. The number of anilines is 2. The molecule has 0 saturated heterocycles. The molecule has 0 atom stereocenters. The smallest absolute Gasteiger partial charge is 0.142 e. The van der Waals surface area contributed by atoms with Crippen molar-refractivity contribution in [3.63, 3.8) is 0 Å². The van der Waals surface area contributed by atoms with Crippen molar-refractivity contribution in [3.8, 4) is 0 Å². The number of thiophene rings is 1. The predicted octanol–water partition coefficient (Wildman–Crippen LogP) is 4.60. The van der Waals surface area contributed by atoms with Crippen molar-refractivity contribution < 1.29 is 0 Å². The summed E-state index contributed by atoms with van der Waals surface area (Å²) in [5.41, 5.74) is 1.92. The summed E-state index contributed by atoms with van der Waals surface area (Å²) in [5, 5.41) is 5.55. The number of nitrogens with one attached hydrogen (secondary N) is 1. The number of pyridine rings is 1. The SMILES string of the molecule is Cc1nc(Nc2cnc3ccccc3c2)c2cc(C)sc2n1. The molecule has 0 fully saturated rings. The fourth-order valence-corrected chi connectivity index (χ4v) is 3.45. The first-order valence-electron chi connectivity index (χ1n) is 7.06. The van der Waals surface area contributed by atoms with Gasteiger partial charge in [0.2, 0.25) is 0 Å². The van der Waals surface area contributed by atoms with Gasteiger partial charge in [0.1, 0.15) is 16.5 Å². The first kappa shape index (κ1) is 13.2. The molecule has 108 valence electrons. The summed E-state index contributed by atoms with van der Waals surface area (Å²) in [6, 6.07) is 12.3. The Labute approximate surface area is 131 Å². The summed E-state index contributed by atoms with van der Waals surface area (Å²) in [5.74, 6) is 1.61. The number of aryl methyl sites for hydroxylation is 2. The molecule has 0 bridgehead atoms. The predicted molar refractivity (Wildman–Crippen MR) is 91.9 cm³/mol. The second-order valence-corrected chi connectivity index (χ2v) is 6.47. The van der Waals surface area contributed by atoms with Gasteiger partial charge in [0.15, 0.2) is 0 Å². The Morgan fingerprint density at radius 1 is 1.05 bits per heavy atom. The molecular formula is C17H14N4S. The van der Waals surface area contributed by atoms with Crippen molar-refractivity contribution in [1.82, 2.24) is 15.0 Å². The van der Waals surface area contributed by atoms with Crippen LogP contribution in [0.5, 0.6) is 0 Å². The zero-order chi connectivity index (χ0) is 15.1. The van der Waals surface area contributed by atoms with Crippen molar-refractivity contribution in [3.05, 3.63) is 53.3 Å². The minimum Gasteiger partial charge on any atom is -0.338 e. The molecule has 4 nitrogen and oxygen atoms in total. The second-order valence-electron chi connectivity index (χ2n) is 5.24. The van der Waals surface area contributed by atoms with Gasteiger partial charge in [-0.05, 0) is 32.0 Å². The normalized spacial score (nSPS) is 11.2. The maximum atomic E-state index is 4.55. The molecule has 0 radical (unpaired) electrons. The Kier molecular flexibility index (Phi) is 3.01. The fourth-order valence-electron chi connectivity index (χ4n) is 2.52. The van der Waals surface area contributed by atoms with Crippen LogP contribution in [0.15, 0.2) is 42.6 Å². The van der Waals surface area contributed by atoms with Gasteiger partial charge >= 0.3 is 0 Å². The van der Waals surface area contributed by atoms with Crippen LogP contribution in [-0.2, 0) is 0 Å². The highest BCUT2D eigenvalue weighted by Gasteiger charge is 2.09. The van der Waals surface area contributed by atoms with E-state index >= 15 is 0 Å². The van der Waals surface area contributed by atoms with Gasteiger partial charge in [0.05, 0.1) is 22.8 Å². The van der Waals surface area contributed by atoms with Crippen LogP contribution in [0.1, 0.15) is 10.7 Å². The number of nitrogens with zero attached hydrogens (tertiary/aromatic N) is 3. The number of para-hydroxylation sites is 1. The van der Waals surface area contributed by atoms with Crippen LogP contribution >= 0.6 is 11.3 Å². The number of hydrogen-bond acceptors (Lipinski definition) is 5. The van der Waals surface area contributed by atoms with E-state index in [0.29, 0.717) is 0 Å². The summed E-state index contributed by atoms with van der Waals surface area (Å²) >= 11 is 1.69. The van der Waals surface area contributed by atoms with Crippen LogP contribution in [-0.4, -0.2) is 15.0 Å². The third-order valence-corrected chi connectivity index (χ3v) is 4.43. The average molecular weight is 306 g/mol. The first-order chi connectivity index (χ1) is 10.7. The van der Waals surface area contributed by atoms with Crippen LogP contribution in [0.2, 0.25) is 0 Å². The van der Waals surface area contributed by atoms with E-state index in [1.165, 1.54) is 4.88 Å². The van der Waals surface area contributed by atoms with E-state index in [9.17, 15) is 0 Å². The molecule has 0 unspecified atom stereocenters. The van der Waals surface area contributed by atoms with Crippen LogP contribution in [0.3, 0.4) is 0 Å². The van der Waals surface area contributed by atoms with Gasteiger partial charge < -0.3 is 5.32 Å². The number of benzene rings is 1. The summed E-state index contributed by atoms with van der Waals surface area (Å²) in [6.07, 6.45) is 1.84. The Morgan fingerprint density at radius 3 is 2.82 bits per heavy atom. The Hall–Kier alpha value is -2.53. The topological polar surface area (TPSA) is 50.7 Å². The molecule has 22 heavy (non-hydrogen) atoms. The Bertz CT molecular complexity index is 990. The van der Waals surface area contributed by atoms with Crippen LogP contribution in [0.25, 0.3) is 21.1 Å². The van der Waals surface area contributed by atoms with Crippen molar-refractivity contribution in [1.29, 1.82) is 0 Å². The van der Waals surface area contributed by atoms with Gasteiger partial charge in [0, 0.05) is 10.3 Å². The van der Waals surface area contributed by atoms with E-state index in [-0.39, 0.29) is 0 Å². The summed E-state index contributed by atoms with van der Waals surface area (Å²) in [7, 11) is 0. The monoisotopic (exact) mass is 306 g/mol. The minimum absolute atomic E-state index is 0.769. The van der Waals surface area contributed by atoms with E-state index in [0.717, 1.165) is 38.4 Å². The zero-order valence-corrected chi connectivity index (χ0v) is 13.1. The standard InChI is InChI=1S/C17H14N4S/c1-10-7-14-16(19-11(2)20-17(14)22-10)21-13-8-12-5-3-4-6-15(12)18-9-13/h3-9H,1-2H3,(H,19,20,21). The van der Waals surface area contributed by atoms with E-state index in [4.69, 9.17) is 0 Å². The third kappa shape index (κ3) is 2.29. The molecule has 0 aliphatic rings. The number of hydrogen-bond donors (Lipinski definition) is 1. The molecule has 0 amide bonds. The second kappa shape index (κ2) is 5.03. The fraction of sp³-hybridized carbons (Fsp3) is 0.118. The molecule has 0 saturated carbocycles. The Balaban J connectivity index is 1.81. The van der Waals surface area contributed by atoms with Crippen LogP contribution in [0.4, 0.5) is 11.5 Å². The highest BCUT2D eigenvalue weighted by Crippen LogP contribution is 2.30. The molecule has 0 aliphatic carbocycles. The maximum absolute atomic E-state index is 4.55. The lowest BCUT2D eigenvalue weighted by atomic mass is 10.2. The van der Waals surface area contributed by atoms with E-state index < -0.39 is 0 Å². The molecule has 3 aromatic heterocycles. The third-order valence-electron chi connectivity index (χ3n) is 3.48. The highest BCUT2D eigenvalue weighted by atomic mass is 32.1. The zero-order valence-electron chi connectivity index (χ0n) is 12.3. The number of rotatable bonds is 2. The van der Waals surface area contributed by atoms with E-state index in [1.807, 2.05) is 31.3 Å². The van der Waals surface area contributed by atoms with Gasteiger partial charge in [0.25, 0.3) is 0 Å². The number of aromatic nitrogens is 3. The largest absolute Gasteiger partial charge is 0.338 e. The average Bonchev–Trinajstić information content (AvgIpc) is 2.87. The van der Waals surface area contributed by atoms with Crippen LogP contribution < -0.4 is 5.32 Å². The van der Waals surface area contributed by atoms with Gasteiger partial charge in [-0.15, -0.1) is 11.3 Å². The van der Waals surface area contributed by atoms with Gasteiger partial charge in [-0.1, -0.05) is 18.2 Å². The quantitative estimate of drug-likeness (QED) is 0.588. The molecule has 4 aromatic rings. The van der Waals surface area contributed by atoms with Crippen LogP contribution in [0, 0.1) is 13.8 Å². The summed E-state index contributed by atoms with van der Waals surface area (Å²) in [6.45, 7) is 4.00. The lowest BCUT2D eigenvalue weighted by Gasteiger charge is -2.08. The molecule has 0 spiro atoms. The molecule has 1 N–H and O–H groups in total. The van der Waals surface area contributed by atoms with E-state index in [1.54, 1.807) is 11.3 Å². The van der Waals surface area contributed by atoms with Crippen molar-refractivity contribution in [2.24, 2.45) is 0 Å². The highest BCUT2D eigenvalue weighted by molar-refractivity contribution is 7.18. The van der Waals surface area contributed by atoms with Gasteiger partial charge in [-0.3, -0.25) is 4.98 Å². The summed E-state index contributed by atoms with van der Waals surface area (Å²) in [4.78, 5) is 15.8. The maximum Gasteiger partial charge on any atom is 0.142 e. The number of fused-ring (bicyclic) bond motifs is 2. The molecule has 4 rings (SSSR count). The van der Waals surface area contributed by atoms with E-state index in [2.05, 4.69) is 45.4 Å². The van der Waals surface area contributed by atoms with Gasteiger partial charge in [-0.2, -0.15) is 0 Å². The van der Waals surface area contributed by atoms with Crippen molar-refractivity contribution >= 4 is 44.0 Å².